The molecule has 1 heterocycles. The van der Waals surface area contributed by atoms with Crippen LogP contribution >= 0.6 is 11.6 Å². The molecule has 0 aliphatic rings. The van der Waals surface area contributed by atoms with E-state index in [0.717, 1.165) is 40.2 Å². The summed E-state index contributed by atoms with van der Waals surface area (Å²) in [5.74, 6) is 0. The molecule has 2 aromatic carbocycles. The van der Waals surface area contributed by atoms with E-state index in [1.54, 1.807) is 0 Å². The van der Waals surface area contributed by atoms with E-state index in [9.17, 15) is 5.11 Å². The number of aliphatic hydroxyl groups excluding tert-OH is 1. The number of azo groups is 1. The highest BCUT2D eigenvalue weighted by Gasteiger charge is 2.16. The fourth-order valence-electron chi connectivity index (χ4n) is 3.30. The molecule has 0 fully saturated rings. The molecule has 0 saturated heterocycles. The molecule has 3 rings (SSSR count). The first-order valence-electron chi connectivity index (χ1n) is 8.97. The smallest absolute Gasteiger partial charge is 0.244 e. The fourth-order valence-corrected chi connectivity index (χ4v) is 3.51. The van der Waals surface area contributed by atoms with Gasteiger partial charge in [-0.05, 0) is 43.7 Å². The molecule has 1 aromatic heterocycles. The van der Waals surface area contributed by atoms with Gasteiger partial charge < -0.3 is 10.0 Å². The molecule has 3 aromatic rings. The second-order valence-electron chi connectivity index (χ2n) is 6.60. The number of imidazole rings is 1. The number of hydrogen-bond donors (Lipinski definition) is 1. The molecule has 0 aliphatic carbocycles. The van der Waals surface area contributed by atoms with Gasteiger partial charge in [-0.3, -0.25) is 0 Å². The standard InChI is InChI=1S/C20H25ClN5O/c1-5-26(8-9-27)16-6-7-17(14(2)10-16)22-23-18-11-15(21)12-19-20(18)25(4)13-24(19)3/h6-7,10-13,27H,5,8-9H2,1-4H3/q+1. The lowest BCUT2D eigenvalue weighted by Crippen LogP contribution is -2.26. The van der Waals surface area contributed by atoms with Gasteiger partial charge in [-0.15, -0.1) is 5.11 Å². The predicted octanol–water partition coefficient (Wildman–Crippen LogP) is 4.20. The second-order valence-corrected chi connectivity index (χ2v) is 7.04. The first kappa shape index (κ1) is 19.3. The predicted molar refractivity (Wildman–Crippen MR) is 109 cm³/mol. The minimum atomic E-state index is 0.132. The van der Waals surface area contributed by atoms with Gasteiger partial charge in [-0.1, -0.05) is 11.6 Å². The molecule has 0 spiro atoms. The van der Waals surface area contributed by atoms with E-state index in [1.165, 1.54) is 0 Å². The summed E-state index contributed by atoms with van der Waals surface area (Å²) in [4.78, 5) is 2.12. The van der Waals surface area contributed by atoms with Crippen molar-refractivity contribution in [3.63, 3.8) is 0 Å². The number of benzene rings is 2. The zero-order valence-corrected chi connectivity index (χ0v) is 16.9. The van der Waals surface area contributed by atoms with Crippen LogP contribution in [0.2, 0.25) is 5.02 Å². The number of anilines is 1. The number of aromatic nitrogens is 2. The molecule has 27 heavy (non-hydrogen) atoms. The Morgan fingerprint density at radius 2 is 1.93 bits per heavy atom. The maximum atomic E-state index is 9.21. The van der Waals surface area contributed by atoms with Crippen LogP contribution in [-0.2, 0) is 14.1 Å². The Kier molecular flexibility index (Phi) is 5.77. The van der Waals surface area contributed by atoms with Crippen molar-refractivity contribution in [2.45, 2.75) is 13.8 Å². The van der Waals surface area contributed by atoms with Gasteiger partial charge in [0.25, 0.3) is 0 Å². The number of nitrogens with zero attached hydrogens (tertiary/aromatic N) is 5. The molecule has 0 aliphatic heterocycles. The first-order chi connectivity index (χ1) is 12.9. The van der Waals surface area contributed by atoms with Gasteiger partial charge in [-0.2, -0.15) is 5.11 Å². The molecular formula is C20H25ClN5O+. The maximum Gasteiger partial charge on any atom is 0.244 e. The zero-order valence-electron chi connectivity index (χ0n) is 16.1. The Morgan fingerprint density at radius 1 is 1.19 bits per heavy atom. The molecule has 0 saturated carbocycles. The quantitative estimate of drug-likeness (QED) is 0.510. The molecule has 0 radical (unpaired) electrons. The number of fused-ring (bicyclic) bond motifs is 1. The number of hydrogen-bond acceptors (Lipinski definition) is 4. The lowest BCUT2D eigenvalue weighted by atomic mass is 10.1. The molecule has 0 unspecified atom stereocenters. The summed E-state index contributed by atoms with van der Waals surface area (Å²) in [5.41, 5.74) is 5.64. The van der Waals surface area contributed by atoms with E-state index in [-0.39, 0.29) is 6.61 Å². The number of halogens is 1. The van der Waals surface area contributed by atoms with Gasteiger partial charge in [0, 0.05) is 29.9 Å². The minimum absolute atomic E-state index is 0.132. The highest BCUT2D eigenvalue weighted by Crippen LogP contribution is 2.31. The SMILES string of the molecule is CCN(CCO)c1ccc(N=Nc2cc(Cl)cc3c2[n+](C)cn3C)c(C)c1. The van der Waals surface area contributed by atoms with Crippen LogP contribution in [0.5, 0.6) is 0 Å². The van der Waals surface area contributed by atoms with Gasteiger partial charge in [0.2, 0.25) is 11.8 Å². The highest BCUT2D eigenvalue weighted by atomic mass is 35.5. The molecular weight excluding hydrogens is 362 g/mol. The van der Waals surface area contributed by atoms with Gasteiger partial charge >= 0.3 is 0 Å². The molecule has 1 N–H and O–H groups in total. The summed E-state index contributed by atoms with van der Waals surface area (Å²) in [6.07, 6.45) is 1.99. The maximum absolute atomic E-state index is 9.21. The van der Waals surface area contributed by atoms with Gasteiger partial charge in [-0.25, -0.2) is 9.13 Å². The van der Waals surface area contributed by atoms with Crippen LogP contribution in [0.4, 0.5) is 17.1 Å². The summed E-state index contributed by atoms with van der Waals surface area (Å²) < 4.78 is 4.03. The highest BCUT2D eigenvalue weighted by molar-refractivity contribution is 6.31. The van der Waals surface area contributed by atoms with E-state index < -0.39 is 0 Å². The second kappa shape index (κ2) is 8.06. The summed E-state index contributed by atoms with van der Waals surface area (Å²) >= 11 is 6.27. The van der Waals surface area contributed by atoms with Gasteiger partial charge in [0.05, 0.1) is 26.4 Å². The van der Waals surface area contributed by atoms with Gasteiger partial charge in [0.1, 0.15) is 5.69 Å². The third kappa shape index (κ3) is 3.96. The van der Waals surface area contributed by atoms with Crippen LogP contribution in [0.3, 0.4) is 0 Å². The summed E-state index contributed by atoms with van der Waals surface area (Å²) in [6, 6.07) is 9.80. The topological polar surface area (TPSA) is 57.0 Å². The Hall–Kier alpha value is -2.44. The molecule has 7 heteroatoms. The Balaban J connectivity index is 1.96. The summed E-state index contributed by atoms with van der Waals surface area (Å²) in [5, 5.41) is 18.8. The lowest BCUT2D eigenvalue weighted by Gasteiger charge is -2.22. The van der Waals surface area contributed by atoms with E-state index in [4.69, 9.17) is 11.6 Å². The van der Waals surface area contributed by atoms with Crippen LogP contribution in [0, 0.1) is 6.92 Å². The average molecular weight is 387 g/mol. The molecule has 0 amide bonds. The van der Waals surface area contributed by atoms with Crippen molar-refractivity contribution in [3.8, 4) is 0 Å². The van der Waals surface area contributed by atoms with E-state index in [1.807, 2.05) is 60.7 Å². The molecule has 0 atom stereocenters. The number of aliphatic hydroxyl groups is 1. The van der Waals surface area contributed by atoms with Crippen molar-refractivity contribution in [1.29, 1.82) is 0 Å². The minimum Gasteiger partial charge on any atom is -0.395 e. The number of aryl methyl sites for hydroxylation is 3. The monoisotopic (exact) mass is 386 g/mol. The number of rotatable bonds is 6. The van der Waals surface area contributed by atoms with Crippen LogP contribution in [0.1, 0.15) is 12.5 Å². The molecule has 142 valence electrons. The molecule has 6 nitrogen and oxygen atoms in total. The molecule has 0 bridgehead atoms. The van der Waals surface area contributed by atoms with Gasteiger partial charge in [0.15, 0.2) is 5.52 Å². The third-order valence-corrected chi connectivity index (χ3v) is 4.89. The van der Waals surface area contributed by atoms with Crippen molar-refractivity contribution in [3.05, 3.63) is 47.2 Å². The van der Waals surface area contributed by atoms with Crippen molar-refractivity contribution in [1.82, 2.24) is 4.57 Å². The number of likely N-dealkylation sites (N-methyl/N-ethyl adjacent to an activating group) is 1. The van der Waals surface area contributed by atoms with Crippen molar-refractivity contribution in [2.75, 3.05) is 24.6 Å². The Labute approximate surface area is 164 Å². The lowest BCUT2D eigenvalue weighted by molar-refractivity contribution is -0.645. The first-order valence-corrected chi connectivity index (χ1v) is 9.34. The van der Waals surface area contributed by atoms with E-state index in [0.29, 0.717) is 11.6 Å². The Bertz CT molecular complexity index is 996. The fraction of sp³-hybridized carbons (Fsp3) is 0.350. The Morgan fingerprint density at radius 3 is 2.59 bits per heavy atom. The van der Waals surface area contributed by atoms with Crippen LogP contribution < -0.4 is 9.47 Å². The average Bonchev–Trinajstić information content (AvgIpc) is 2.92. The summed E-state index contributed by atoms with van der Waals surface area (Å²) in [7, 11) is 3.96. The zero-order chi connectivity index (χ0) is 19.6. The van der Waals surface area contributed by atoms with Crippen molar-refractivity contribution < 1.29 is 9.67 Å². The van der Waals surface area contributed by atoms with Crippen LogP contribution in [0.25, 0.3) is 11.0 Å². The van der Waals surface area contributed by atoms with E-state index >= 15 is 0 Å². The van der Waals surface area contributed by atoms with Crippen molar-refractivity contribution >= 4 is 39.7 Å². The normalized spacial score (nSPS) is 11.6. The third-order valence-electron chi connectivity index (χ3n) is 4.68. The van der Waals surface area contributed by atoms with E-state index in [2.05, 4.69) is 28.1 Å². The summed E-state index contributed by atoms with van der Waals surface area (Å²) in [6.45, 7) is 5.67. The van der Waals surface area contributed by atoms with Crippen LogP contribution in [0.15, 0.2) is 46.9 Å². The van der Waals surface area contributed by atoms with Crippen molar-refractivity contribution in [2.24, 2.45) is 24.3 Å². The largest absolute Gasteiger partial charge is 0.395 e. The van der Waals surface area contributed by atoms with Crippen LogP contribution in [-0.4, -0.2) is 29.4 Å².